The Hall–Kier alpha value is -2.34. The number of carboxylic acid groups (broad SMARTS) is 1. The van der Waals surface area contributed by atoms with Gasteiger partial charge in [0.05, 0.1) is 11.3 Å². The van der Waals surface area contributed by atoms with Gasteiger partial charge in [-0.25, -0.2) is 4.79 Å². The fraction of sp³-hybridized carbons (Fsp3) is 0.0667. The minimum Gasteiger partial charge on any atom is -0.478 e. The fourth-order valence-corrected chi connectivity index (χ4v) is 2.17. The van der Waals surface area contributed by atoms with Crippen LogP contribution in [-0.2, 0) is 0 Å². The van der Waals surface area contributed by atoms with Crippen molar-refractivity contribution in [1.29, 1.82) is 0 Å². The summed E-state index contributed by atoms with van der Waals surface area (Å²) in [6.45, 7) is 0. The third-order valence-corrected chi connectivity index (χ3v) is 3.77. The maximum atomic E-state index is 12.4. The molecule has 0 heterocycles. The van der Waals surface area contributed by atoms with Crippen LogP contribution < -0.4 is 10.6 Å². The summed E-state index contributed by atoms with van der Waals surface area (Å²) in [4.78, 5) is 25.0. The molecule has 0 unspecified atom stereocenters. The van der Waals surface area contributed by atoms with Crippen LogP contribution in [0.25, 0.3) is 0 Å². The molecule has 108 valence electrons. The van der Waals surface area contributed by atoms with Gasteiger partial charge in [-0.15, -0.1) is 0 Å². The molecule has 0 saturated heterocycles. The van der Waals surface area contributed by atoms with Gasteiger partial charge in [-0.05, 0) is 46.3 Å². The first-order chi connectivity index (χ1) is 9.91. The molecule has 0 aliphatic heterocycles. The molecular formula is C15H13BrN2O3. The number of hydrogen-bond acceptors (Lipinski definition) is 3. The Morgan fingerprint density at radius 1 is 1.19 bits per heavy atom. The Morgan fingerprint density at radius 2 is 1.86 bits per heavy atom. The van der Waals surface area contributed by atoms with E-state index in [2.05, 4.69) is 15.9 Å². The minimum absolute atomic E-state index is 0.0680. The Morgan fingerprint density at radius 3 is 2.48 bits per heavy atom. The zero-order valence-corrected chi connectivity index (χ0v) is 12.8. The predicted octanol–water partition coefficient (Wildman–Crippen LogP) is 3.01. The summed E-state index contributed by atoms with van der Waals surface area (Å²) in [5.41, 5.74) is 6.99. The van der Waals surface area contributed by atoms with Crippen LogP contribution in [0.4, 0.5) is 11.4 Å². The number of hydrogen-bond donors (Lipinski definition) is 2. The second-order valence-corrected chi connectivity index (χ2v) is 5.28. The SMILES string of the molecule is CN(C(=O)c1ccc(Br)c(N)c1)c1ccccc1C(=O)O. The predicted molar refractivity (Wildman–Crippen MR) is 84.7 cm³/mol. The van der Waals surface area contributed by atoms with Gasteiger partial charge in [0.1, 0.15) is 0 Å². The van der Waals surface area contributed by atoms with Crippen molar-refractivity contribution in [3.8, 4) is 0 Å². The average Bonchev–Trinajstić information content (AvgIpc) is 2.48. The molecule has 1 amide bonds. The van der Waals surface area contributed by atoms with Crippen LogP contribution in [0.5, 0.6) is 0 Å². The van der Waals surface area contributed by atoms with E-state index in [-0.39, 0.29) is 11.5 Å². The van der Waals surface area contributed by atoms with Crippen molar-refractivity contribution in [2.24, 2.45) is 0 Å². The van der Waals surface area contributed by atoms with Crippen molar-refractivity contribution in [3.05, 3.63) is 58.1 Å². The average molecular weight is 349 g/mol. The Bertz CT molecular complexity index is 716. The van der Waals surface area contributed by atoms with Crippen LogP contribution in [0.15, 0.2) is 46.9 Å². The fourth-order valence-electron chi connectivity index (χ4n) is 1.93. The van der Waals surface area contributed by atoms with Gasteiger partial charge in [0.15, 0.2) is 0 Å². The highest BCUT2D eigenvalue weighted by atomic mass is 79.9. The van der Waals surface area contributed by atoms with E-state index >= 15 is 0 Å². The zero-order chi connectivity index (χ0) is 15.6. The Labute approximate surface area is 130 Å². The van der Waals surface area contributed by atoms with E-state index in [4.69, 9.17) is 5.73 Å². The van der Waals surface area contributed by atoms with E-state index in [1.807, 2.05) is 0 Å². The second-order valence-electron chi connectivity index (χ2n) is 4.42. The third-order valence-electron chi connectivity index (χ3n) is 3.04. The van der Waals surface area contributed by atoms with E-state index in [1.165, 1.54) is 18.0 Å². The highest BCUT2D eigenvalue weighted by Crippen LogP contribution is 2.24. The highest BCUT2D eigenvalue weighted by Gasteiger charge is 2.19. The number of amides is 1. The number of carbonyl (C=O) groups is 2. The quantitative estimate of drug-likeness (QED) is 0.835. The lowest BCUT2D eigenvalue weighted by atomic mass is 10.1. The summed E-state index contributed by atoms with van der Waals surface area (Å²) >= 11 is 3.26. The molecule has 0 bridgehead atoms. The van der Waals surface area contributed by atoms with Crippen molar-refractivity contribution in [1.82, 2.24) is 0 Å². The number of carboxylic acids is 1. The molecule has 3 N–H and O–H groups in total. The van der Waals surface area contributed by atoms with Gasteiger partial charge in [-0.3, -0.25) is 4.79 Å². The molecule has 0 radical (unpaired) electrons. The molecule has 0 saturated carbocycles. The summed E-state index contributed by atoms with van der Waals surface area (Å²) in [5.74, 6) is -1.41. The number of halogens is 1. The number of para-hydroxylation sites is 1. The normalized spacial score (nSPS) is 10.2. The summed E-state index contributed by atoms with van der Waals surface area (Å²) < 4.78 is 0.702. The van der Waals surface area contributed by atoms with Gasteiger partial charge >= 0.3 is 5.97 Å². The number of nitrogens with two attached hydrogens (primary N) is 1. The summed E-state index contributed by atoms with van der Waals surface area (Å²) in [6, 6.07) is 11.2. The van der Waals surface area contributed by atoms with Crippen LogP contribution in [0.2, 0.25) is 0 Å². The number of carbonyl (C=O) groups excluding carboxylic acids is 1. The van der Waals surface area contributed by atoms with E-state index in [9.17, 15) is 14.7 Å². The van der Waals surface area contributed by atoms with Crippen LogP contribution in [0, 0.1) is 0 Å². The second kappa shape index (κ2) is 5.97. The molecule has 2 rings (SSSR count). The van der Waals surface area contributed by atoms with E-state index < -0.39 is 5.97 Å². The first-order valence-electron chi connectivity index (χ1n) is 6.07. The van der Waals surface area contributed by atoms with Crippen LogP contribution in [0.1, 0.15) is 20.7 Å². The highest BCUT2D eigenvalue weighted by molar-refractivity contribution is 9.10. The van der Waals surface area contributed by atoms with Crippen molar-refractivity contribution in [3.63, 3.8) is 0 Å². The van der Waals surface area contributed by atoms with E-state index in [1.54, 1.807) is 36.4 Å². The molecule has 5 nitrogen and oxygen atoms in total. The molecule has 0 fully saturated rings. The lowest BCUT2D eigenvalue weighted by molar-refractivity contribution is 0.0697. The number of benzene rings is 2. The molecule has 2 aromatic carbocycles. The minimum atomic E-state index is -1.08. The summed E-state index contributed by atoms with van der Waals surface area (Å²) in [7, 11) is 1.53. The molecule has 0 spiro atoms. The summed E-state index contributed by atoms with van der Waals surface area (Å²) in [6.07, 6.45) is 0. The number of rotatable bonds is 3. The molecule has 0 aliphatic rings. The first-order valence-corrected chi connectivity index (χ1v) is 6.86. The van der Waals surface area contributed by atoms with Crippen molar-refractivity contribution in [2.75, 3.05) is 17.7 Å². The van der Waals surface area contributed by atoms with Gasteiger partial charge in [-0.1, -0.05) is 12.1 Å². The number of aromatic carboxylic acids is 1. The van der Waals surface area contributed by atoms with Crippen molar-refractivity contribution in [2.45, 2.75) is 0 Å². The monoisotopic (exact) mass is 348 g/mol. The van der Waals surface area contributed by atoms with E-state index in [0.29, 0.717) is 21.4 Å². The number of nitrogen functional groups attached to an aromatic ring is 1. The third kappa shape index (κ3) is 3.05. The van der Waals surface area contributed by atoms with Gasteiger partial charge in [0.2, 0.25) is 0 Å². The largest absolute Gasteiger partial charge is 0.478 e. The number of anilines is 2. The smallest absolute Gasteiger partial charge is 0.337 e. The molecule has 2 aromatic rings. The van der Waals surface area contributed by atoms with Crippen LogP contribution in [0.3, 0.4) is 0 Å². The number of nitrogens with zero attached hydrogens (tertiary/aromatic N) is 1. The zero-order valence-electron chi connectivity index (χ0n) is 11.2. The summed E-state index contributed by atoms with van der Waals surface area (Å²) in [5, 5.41) is 9.18. The maximum Gasteiger partial charge on any atom is 0.337 e. The topological polar surface area (TPSA) is 83.6 Å². The van der Waals surface area contributed by atoms with Crippen LogP contribution >= 0.6 is 15.9 Å². The molecule has 6 heteroatoms. The van der Waals surface area contributed by atoms with Gasteiger partial charge in [0.25, 0.3) is 5.91 Å². The standard InChI is InChI=1S/C15H13BrN2O3/c1-18(13-5-3-2-4-10(13)15(20)21)14(19)9-6-7-11(16)12(17)8-9/h2-8H,17H2,1H3,(H,20,21). The molecule has 0 atom stereocenters. The van der Waals surface area contributed by atoms with Gasteiger partial charge in [-0.2, -0.15) is 0 Å². The van der Waals surface area contributed by atoms with Crippen molar-refractivity contribution >= 4 is 39.2 Å². The van der Waals surface area contributed by atoms with Gasteiger partial charge < -0.3 is 15.7 Å². The molecule has 0 aliphatic carbocycles. The maximum absolute atomic E-state index is 12.4. The Kier molecular flexibility index (Phi) is 4.28. The Balaban J connectivity index is 2.40. The van der Waals surface area contributed by atoms with Crippen LogP contribution in [-0.4, -0.2) is 24.0 Å². The van der Waals surface area contributed by atoms with Crippen molar-refractivity contribution < 1.29 is 14.7 Å². The lowest BCUT2D eigenvalue weighted by Crippen LogP contribution is -2.28. The lowest BCUT2D eigenvalue weighted by Gasteiger charge is -2.19. The molecular weight excluding hydrogens is 336 g/mol. The van der Waals surface area contributed by atoms with E-state index in [0.717, 1.165) is 0 Å². The first kappa shape index (κ1) is 15.1. The molecule has 0 aromatic heterocycles. The molecule has 21 heavy (non-hydrogen) atoms. The van der Waals surface area contributed by atoms with Gasteiger partial charge in [0, 0.05) is 22.8 Å².